The van der Waals surface area contributed by atoms with Crippen molar-refractivity contribution in [1.82, 2.24) is 0 Å². The summed E-state index contributed by atoms with van der Waals surface area (Å²) in [4.78, 5) is 0. The van der Waals surface area contributed by atoms with Gasteiger partial charge in [0.25, 0.3) is 0 Å². The Bertz CT molecular complexity index is 13.5. The molecule has 0 atom stereocenters. The van der Waals surface area contributed by atoms with E-state index in [-0.39, 0.29) is 111 Å². The summed E-state index contributed by atoms with van der Waals surface area (Å²) < 4.78 is 0. The van der Waals surface area contributed by atoms with Crippen LogP contribution < -0.4 is 99.8 Å². The Morgan fingerprint density at radius 2 is 1.25 bits per heavy atom. The molecule has 0 aliphatic heterocycles. The summed E-state index contributed by atoms with van der Waals surface area (Å²) in [5.41, 5.74) is 0. The van der Waals surface area contributed by atoms with Gasteiger partial charge in [0.1, 0.15) is 0 Å². The zero-order valence-corrected chi connectivity index (χ0v) is 8.12. The first-order chi connectivity index (χ1) is 0. The van der Waals surface area contributed by atoms with Crippen LogP contribution in [0, 0.1) is 0 Å². The molecule has 0 aromatic rings. The second-order valence-corrected chi connectivity index (χ2v) is 0. The summed E-state index contributed by atoms with van der Waals surface area (Å²) in [5.74, 6) is 0. The monoisotopic (exact) mass is 86.0 g/mol. The fourth-order valence-electron chi connectivity index (χ4n) is 0. The average molecular weight is 85.9 g/mol. The van der Waals surface area contributed by atoms with Crippen LogP contribution >= 0.6 is 0 Å². The molecule has 0 bridgehead atoms. The van der Waals surface area contributed by atoms with Gasteiger partial charge in [0.05, 0.1) is 0 Å². The van der Waals surface area contributed by atoms with E-state index in [1.165, 1.54) is 0 Å². The molecule has 0 aromatic heterocycles. The molecule has 0 nitrogen and oxygen atoms in total. The van der Waals surface area contributed by atoms with Gasteiger partial charge < -0.3 is 2.85 Å². The third kappa shape index (κ3) is 9.00. The van der Waals surface area contributed by atoms with Crippen molar-refractivity contribution in [3.05, 3.63) is 0 Å². The Morgan fingerprint density at radius 1 is 1.25 bits per heavy atom. The number of rotatable bonds is 0. The van der Waals surface area contributed by atoms with E-state index < -0.39 is 0 Å². The Morgan fingerprint density at radius 3 is 1.25 bits per heavy atom. The predicted molar refractivity (Wildman–Crippen MR) is 13.6 cm³/mol. The molecule has 0 rings (SSSR count). The molecule has 4 heavy (non-hydrogen) atoms. The van der Waals surface area contributed by atoms with Crippen molar-refractivity contribution >= 4 is 8.41 Å². The zero-order valence-electron chi connectivity index (χ0n) is 5.00. The van der Waals surface area contributed by atoms with Crippen LogP contribution in [0.2, 0.25) is 0 Å². The molecule has 0 unspecified atom stereocenters. The fourth-order valence-corrected chi connectivity index (χ4v) is 0. The maximum atomic E-state index is 0. The van der Waals surface area contributed by atoms with Crippen molar-refractivity contribution in [1.29, 1.82) is 0 Å². The van der Waals surface area contributed by atoms with Gasteiger partial charge in [0, 0.05) is 0 Å². The van der Waals surface area contributed by atoms with E-state index >= 15 is 0 Å². The molecule has 0 spiro atoms. The first-order valence-corrected chi connectivity index (χ1v) is 0. The summed E-state index contributed by atoms with van der Waals surface area (Å²) in [6.07, 6.45) is 0. The SMILES string of the molecule is [BH4-].[H-].[H-].[K+].[Li+].[Na+]. The topological polar surface area (TPSA) is 0 Å². The van der Waals surface area contributed by atoms with Gasteiger partial charge in [-0.2, -0.15) is 0 Å². The molecule has 0 aliphatic rings. The van der Waals surface area contributed by atoms with Crippen LogP contribution in [0.15, 0.2) is 0 Å². The van der Waals surface area contributed by atoms with Crippen molar-refractivity contribution in [2.45, 2.75) is 0 Å². The van der Waals surface area contributed by atoms with E-state index in [1.54, 1.807) is 0 Å². The minimum Gasteiger partial charge on any atom is -1.00 e. The fraction of sp³-hybridized carbons (Fsp3) is 0. The smallest absolute Gasteiger partial charge is 1.00 e. The molecule has 0 saturated heterocycles. The van der Waals surface area contributed by atoms with E-state index in [4.69, 9.17) is 0 Å². The minimum atomic E-state index is 0. The second-order valence-electron chi connectivity index (χ2n) is 0. The van der Waals surface area contributed by atoms with Crippen LogP contribution in [-0.2, 0) is 0 Å². The van der Waals surface area contributed by atoms with Gasteiger partial charge in [0.2, 0.25) is 0 Å². The van der Waals surface area contributed by atoms with Crippen LogP contribution in [0.3, 0.4) is 0 Å². The molecule has 0 heterocycles. The van der Waals surface area contributed by atoms with Gasteiger partial charge in [0.15, 0.2) is 0 Å². The van der Waals surface area contributed by atoms with Gasteiger partial charge in [-0.3, -0.25) is 0 Å². The zero-order chi connectivity index (χ0) is 0. The van der Waals surface area contributed by atoms with Crippen molar-refractivity contribution in [2.75, 3.05) is 0 Å². The number of hydrogen-bond acceptors (Lipinski definition) is 0. The minimum absolute atomic E-state index is 0. The second kappa shape index (κ2) is 16.3. The summed E-state index contributed by atoms with van der Waals surface area (Å²) in [5, 5.41) is 0. The first kappa shape index (κ1) is 26.6. The summed E-state index contributed by atoms with van der Waals surface area (Å²) in [6, 6.07) is 0. The predicted octanol–water partition coefficient (Wildman–Crippen LogP) is -10.2. The van der Waals surface area contributed by atoms with Gasteiger partial charge in [-0.15, -0.1) is 0 Å². The molecule has 0 radical (unpaired) electrons. The van der Waals surface area contributed by atoms with Gasteiger partial charge in [-0.05, 0) is 0 Å². The van der Waals surface area contributed by atoms with E-state index in [2.05, 4.69) is 0 Å². The maximum Gasteiger partial charge on any atom is 1.00 e. The van der Waals surface area contributed by atoms with E-state index in [1.807, 2.05) is 0 Å². The van der Waals surface area contributed by atoms with Crippen molar-refractivity contribution in [3.8, 4) is 0 Å². The van der Waals surface area contributed by atoms with Crippen molar-refractivity contribution in [2.24, 2.45) is 0 Å². The van der Waals surface area contributed by atoms with Gasteiger partial charge in [-0.1, -0.05) is 8.41 Å². The largest absolute Gasteiger partial charge is 1.00 e. The van der Waals surface area contributed by atoms with Gasteiger partial charge >= 0.3 is 99.8 Å². The van der Waals surface area contributed by atoms with Crippen LogP contribution in [0.5, 0.6) is 0 Å². The Kier molecular flexibility index (Phi) is 108. The molecule has 12 valence electrons. The molecule has 0 N–H and O–H groups in total. The molecule has 0 fully saturated rings. The van der Waals surface area contributed by atoms with Crippen LogP contribution in [0.25, 0.3) is 0 Å². The standard InChI is InChI=1S/BH4.K.Li.Na.2H/h1H4;;;;;/q-1;3*+1;2*-1. The Hall–Kier alpha value is 3.30. The van der Waals surface area contributed by atoms with Gasteiger partial charge in [-0.25, -0.2) is 0 Å². The quantitative estimate of drug-likeness (QED) is 0.257. The normalized spacial score (nSPS) is 0. The number of hydrogen-bond donors (Lipinski definition) is 0. The van der Waals surface area contributed by atoms with E-state index in [9.17, 15) is 0 Å². The molecule has 0 amide bonds. The first-order valence-electron chi connectivity index (χ1n) is 0. The summed E-state index contributed by atoms with van der Waals surface area (Å²) in [6.45, 7) is 0. The van der Waals surface area contributed by atoms with Crippen LogP contribution in [0.4, 0.5) is 0 Å². The molecule has 0 aliphatic carbocycles. The Labute approximate surface area is 108 Å². The molecular weight excluding hydrogens is 79.8 g/mol. The maximum absolute atomic E-state index is 0. The average Bonchev–Trinajstić information content (AvgIpc) is 0. The summed E-state index contributed by atoms with van der Waals surface area (Å²) in [7, 11) is 0. The van der Waals surface area contributed by atoms with Crippen LogP contribution in [-0.4, -0.2) is 8.41 Å². The van der Waals surface area contributed by atoms with Crippen LogP contribution in [0.1, 0.15) is 2.85 Å². The van der Waals surface area contributed by atoms with E-state index in [0.717, 1.165) is 0 Å². The molecule has 4 heteroatoms. The summed E-state index contributed by atoms with van der Waals surface area (Å²) >= 11 is 0. The van der Waals surface area contributed by atoms with Crippen molar-refractivity contribution < 1.29 is 103 Å². The molecular formula is H6BKLiNa. The third-order valence-corrected chi connectivity index (χ3v) is 0. The van der Waals surface area contributed by atoms with E-state index in [0.29, 0.717) is 0 Å². The molecule has 0 saturated carbocycles. The van der Waals surface area contributed by atoms with Crippen molar-refractivity contribution in [3.63, 3.8) is 0 Å². The Balaban J connectivity index is 0. The third-order valence-electron chi connectivity index (χ3n) is 0. The molecule has 0 aromatic carbocycles.